The molecule has 2 rings (SSSR count). The number of benzene rings is 2. The molecule has 3 nitrogen and oxygen atoms in total. The fraction of sp³-hybridized carbons (Fsp3) is 0.350. The summed E-state index contributed by atoms with van der Waals surface area (Å²) in [6, 6.07) is 12.8. The van der Waals surface area contributed by atoms with Crippen molar-refractivity contribution in [1.82, 2.24) is 5.32 Å². The smallest absolute Gasteiger partial charge is 0.416 e. The van der Waals surface area contributed by atoms with Crippen molar-refractivity contribution < 1.29 is 22.7 Å². The van der Waals surface area contributed by atoms with Crippen LogP contribution in [0.1, 0.15) is 23.6 Å². The zero-order valence-electron chi connectivity index (χ0n) is 15.2. The van der Waals surface area contributed by atoms with E-state index in [-0.39, 0.29) is 11.2 Å². The van der Waals surface area contributed by atoms with Crippen molar-refractivity contribution in [2.24, 2.45) is 0 Å². The lowest BCUT2D eigenvalue weighted by atomic mass is 10.1. The molecule has 1 unspecified atom stereocenters. The molecule has 1 atom stereocenters. The third-order valence-electron chi connectivity index (χ3n) is 4.00. The zero-order chi connectivity index (χ0) is 19.9. The number of methoxy groups -OCH3 is 1. The minimum atomic E-state index is -4.36. The van der Waals surface area contributed by atoms with Gasteiger partial charge >= 0.3 is 6.18 Å². The summed E-state index contributed by atoms with van der Waals surface area (Å²) in [7, 11) is 1.60. The van der Waals surface area contributed by atoms with E-state index in [1.165, 1.54) is 17.8 Å². The molecule has 146 valence electrons. The molecule has 1 N–H and O–H groups in total. The standard InChI is InChI=1S/C20H22F3NO2S/c1-14(27-13-16-4-3-5-17(12-16)20(21,22)23)19(25)24-11-10-15-6-8-18(26-2)9-7-15/h3-9,12,14H,10-11,13H2,1-2H3,(H,24,25). The highest BCUT2D eigenvalue weighted by Crippen LogP contribution is 2.30. The molecule has 0 radical (unpaired) electrons. The normalized spacial score (nSPS) is 12.5. The summed E-state index contributed by atoms with van der Waals surface area (Å²) < 4.78 is 43.3. The summed E-state index contributed by atoms with van der Waals surface area (Å²) in [5, 5.41) is 2.51. The molecule has 0 heterocycles. The highest BCUT2D eigenvalue weighted by molar-refractivity contribution is 7.99. The number of hydrogen-bond acceptors (Lipinski definition) is 3. The molecule has 27 heavy (non-hydrogen) atoms. The van der Waals surface area contributed by atoms with Crippen LogP contribution in [-0.4, -0.2) is 24.8 Å². The van der Waals surface area contributed by atoms with Gasteiger partial charge in [-0.1, -0.05) is 30.3 Å². The zero-order valence-corrected chi connectivity index (χ0v) is 16.0. The van der Waals surface area contributed by atoms with E-state index in [2.05, 4.69) is 5.32 Å². The number of hydrogen-bond donors (Lipinski definition) is 1. The number of carbonyl (C=O) groups is 1. The highest BCUT2D eigenvalue weighted by Gasteiger charge is 2.30. The van der Waals surface area contributed by atoms with Gasteiger partial charge in [0.05, 0.1) is 17.9 Å². The quantitative estimate of drug-likeness (QED) is 0.702. The Kier molecular flexibility index (Phi) is 7.59. The Hall–Kier alpha value is -2.15. The Balaban J connectivity index is 1.76. The van der Waals surface area contributed by atoms with Crippen LogP contribution in [0.3, 0.4) is 0 Å². The molecule has 1 amide bonds. The fourth-order valence-corrected chi connectivity index (χ4v) is 3.26. The van der Waals surface area contributed by atoms with Crippen LogP contribution in [0.25, 0.3) is 0 Å². The lowest BCUT2D eigenvalue weighted by Crippen LogP contribution is -2.32. The number of halogens is 3. The third-order valence-corrected chi connectivity index (χ3v) is 5.21. The second-order valence-corrected chi connectivity index (χ2v) is 7.37. The summed E-state index contributed by atoms with van der Waals surface area (Å²) in [6.07, 6.45) is -3.66. The van der Waals surface area contributed by atoms with E-state index in [0.29, 0.717) is 24.3 Å². The van der Waals surface area contributed by atoms with Gasteiger partial charge in [-0.15, -0.1) is 11.8 Å². The Morgan fingerprint density at radius 1 is 1.15 bits per heavy atom. The Morgan fingerprint density at radius 2 is 1.85 bits per heavy atom. The maximum atomic E-state index is 12.7. The van der Waals surface area contributed by atoms with Gasteiger partial charge in [-0.25, -0.2) is 0 Å². The maximum Gasteiger partial charge on any atom is 0.416 e. The van der Waals surface area contributed by atoms with E-state index in [9.17, 15) is 18.0 Å². The molecule has 2 aromatic carbocycles. The van der Waals surface area contributed by atoms with Gasteiger partial charge in [0.15, 0.2) is 0 Å². The molecule has 0 saturated heterocycles. The fourth-order valence-electron chi connectivity index (χ4n) is 2.40. The van der Waals surface area contributed by atoms with Gasteiger partial charge in [0, 0.05) is 12.3 Å². The first kappa shape index (κ1) is 21.2. The predicted molar refractivity (Wildman–Crippen MR) is 102 cm³/mol. The Bertz CT molecular complexity index is 748. The van der Waals surface area contributed by atoms with Gasteiger partial charge in [0.2, 0.25) is 5.91 Å². The topological polar surface area (TPSA) is 38.3 Å². The van der Waals surface area contributed by atoms with E-state index >= 15 is 0 Å². The van der Waals surface area contributed by atoms with E-state index in [1.807, 2.05) is 24.3 Å². The number of alkyl halides is 3. The van der Waals surface area contributed by atoms with Crippen LogP contribution in [0.2, 0.25) is 0 Å². The van der Waals surface area contributed by atoms with Crippen molar-refractivity contribution in [1.29, 1.82) is 0 Å². The first-order chi connectivity index (χ1) is 12.8. The second kappa shape index (κ2) is 9.69. The van der Waals surface area contributed by atoms with Crippen molar-refractivity contribution >= 4 is 17.7 Å². The molecule has 0 spiro atoms. The molecule has 0 bridgehead atoms. The second-order valence-electron chi connectivity index (χ2n) is 6.04. The minimum Gasteiger partial charge on any atom is -0.497 e. The van der Waals surface area contributed by atoms with Crippen LogP contribution in [-0.2, 0) is 23.1 Å². The molecule has 0 aliphatic heterocycles. The SMILES string of the molecule is COc1ccc(CCNC(=O)C(C)SCc2cccc(C(F)(F)F)c2)cc1. The summed E-state index contributed by atoms with van der Waals surface area (Å²) in [5.41, 5.74) is 0.963. The average Bonchev–Trinajstić information content (AvgIpc) is 2.66. The third kappa shape index (κ3) is 6.82. The molecule has 7 heteroatoms. The molecule has 2 aromatic rings. The maximum absolute atomic E-state index is 12.7. The van der Waals surface area contributed by atoms with E-state index in [4.69, 9.17) is 4.74 Å². The number of rotatable bonds is 8. The van der Waals surface area contributed by atoms with E-state index in [1.54, 1.807) is 20.1 Å². The number of amides is 1. The average molecular weight is 397 g/mol. The lowest BCUT2D eigenvalue weighted by Gasteiger charge is -2.13. The van der Waals surface area contributed by atoms with Crippen LogP contribution >= 0.6 is 11.8 Å². The van der Waals surface area contributed by atoms with Crippen molar-refractivity contribution in [3.8, 4) is 5.75 Å². The van der Waals surface area contributed by atoms with Crippen LogP contribution in [0.4, 0.5) is 13.2 Å². The summed E-state index contributed by atoms with van der Waals surface area (Å²) in [4.78, 5) is 12.1. The molecular formula is C20H22F3NO2S. The minimum absolute atomic E-state index is 0.125. The summed E-state index contributed by atoms with van der Waals surface area (Å²) in [6.45, 7) is 2.25. The van der Waals surface area contributed by atoms with Gasteiger partial charge < -0.3 is 10.1 Å². The van der Waals surface area contributed by atoms with Gasteiger partial charge in [-0.3, -0.25) is 4.79 Å². The first-order valence-electron chi connectivity index (χ1n) is 8.48. The predicted octanol–water partition coefficient (Wildman–Crippen LogP) is 4.69. The summed E-state index contributed by atoms with van der Waals surface area (Å²) in [5.74, 6) is 1.000. The Labute approximate surface area is 161 Å². The molecule has 0 saturated carbocycles. The molecule has 0 aliphatic rings. The molecule has 0 fully saturated rings. The number of thioether (sulfide) groups is 1. The largest absolute Gasteiger partial charge is 0.497 e. The van der Waals surface area contributed by atoms with Crippen LogP contribution in [0, 0.1) is 0 Å². The van der Waals surface area contributed by atoms with Gasteiger partial charge in [-0.2, -0.15) is 13.2 Å². The van der Waals surface area contributed by atoms with Gasteiger partial charge in [0.1, 0.15) is 5.75 Å². The molecular weight excluding hydrogens is 375 g/mol. The van der Waals surface area contributed by atoms with Crippen molar-refractivity contribution in [2.75, 3.05) is 13.7 Å². The van der Waals surface area contributed by atoms with E-state index < -0.39 is 11.7 Å². The van der Waals surface area contributed by atoms with Crippen molar-refractivity contribution in [2.45, 2.75) is 30.5 Å². The monoisotopic (exact) mass is 397 g/mol. The van der Waals surface area contributed by atoms with Crippen molar-refractivity contribution in [3.63, 3.8) is 0 Å². The molecule has 0 aromatic heterocycles. The van der Waals surface area contributed by atoms with Gasteiger partial charge in [0.25, 0.3) is 0 Å². The number of nitrogens with one attached hydrogen (secondary N) is 1. The van der Waals surface area contributed by atoms with E-state index in [0.717, 1.165) is 23.4 Å². The lowest BCUT2D eigenvalue weighted by molar-refractivity contribution is -0.137. The first-order valence-corrected chi connectivity index (χ1v) is 9.53. The molecule has 0 aliphatic carbocycles. The van der Waals surface area contributed by atoms with Crippen LogP contribution in [0.5, 0.6) is 5.75 Å². The number of ether oxygens (including phenoxy) is 1. The van der Waals surface area contributed by atoms with Gasteiger partial charge in [-0.05, 0) is 42.7 Å². The highest BCUT2D eigenvalue weighted by atomic mass is 32.2. The summed E-state index contributed by atoms with van der Waals surface area (Å²) >= 11 is 1.31. The van der Waals surface area contributed by atoms with Crippen LogP contribution in [0.15, 0.2) is 48.5 Å². The number of carbonyl (C=O) groups excluding carboxylic acids is 1. The van der Waals surface area contributed by atoms with Crippen LogP contribution < -0.4 is 10.1 Å². The van der Waals surface area contributed by atoms with Crippen molar-refractivity contribution in [3.05, 3.63) is 65.2 Å². The Morgan fingerprint density at radius 3 is 2.48 bits per heavy atom.